The van der Waals surface area contributed by atoms with Gasteiger partial charge in [-0.25, -0.2) is 0 Å². The SMILES string of the molecule is CN(Cc1cccs1)C(=O)CN1CCC2CNCC2C1.Cl. The van der Waals surface area contributed by atoms with Gasteiger partial charge in [0.1, 0.15) is 0 Å². The molecule has 0 spiro atoms. The number of rotatable bonds is 4. The van der Waals surface area contributed by atoms with Gasteiger partial charge in [0, 0.05) is 18.5 Å². The van der Waals surface area contributed by atoms with E-state index in [0.717, 1.165) is 38.0 Å². The first-order chi connectivity index (χ1) is 9.72. The fourth-order valence-electron chi connectivity index (χ4n) is 3.29. The molecule has 1 amide bonds. The standard InChI is InChI=1S/C15H23N3OS.ClH/c1-17(10-14-3-2-6-20-14)15(19)11-18-5-4-12-7-16-8-13(12)9-18;/h2-3,6,12-13,16H,4-5,7-11H2,1H3;1H. The average Bonchev–Trinajstić information content (AvgIpc) is 3.08. The Kier molecular flexibility index (Phi) is 6.05. The fraction of sp³-hybridized carbons (Fsp3) is 0.667. The van der Waals surface area contributed by atoms with Crippen molar-refractivity contribution in [3.8, 4) is 0 Å². The highest BCUT2D eigenvalue weighted by molar-refractivity contribution is 7.09. The first kappa shape index (κ1) is 16.7. The quantitative estimate of drug-likeness (QED) is 0.912. The summed E-state index contributed by atoms with van der Waals surface area (Å²) in [5, 5.41) is 5.53. The minimum atomic E-state index is 0. The molecule has 3 heterocycles. The van der Waals surface area contributed by atoms with E-state index in [0.29, 0.717) is 6.54 Å². The van der Waals surface area contributed by atoms with Crippen LogP contribution in [0.5, 0.6) is 0 Å². The van der Waals surface area contributed by atoms with Gasteiger partial charge in [0.2, 0.25) is 5.91 Å². The van der Waals surface area contributed by atoms with Gasteiger partial charge in [-0.05, 0) is 49.3 Å². The highest BCUT2D eigenvalue weighted by Gasteiger charge is 2.33. The number of amides is 1. The third kappa shape index (κ3) is 4.19. The monoisotopic (exact) mass is 329 g/mol. The van der Waals surface area contributed by atoms with Crippen LogP contribution in [0.4, 0.5) is 0 Å². The average molecular weight is 330 g/mol. The summed E-state index contributed by atoms with van der Waals surface area (Å²) in [6.07, 6.45) is 1.24. The third-order valence-electron chi connectivity index (χ3n) is 4.55. The smallest absolute Gasteiger partial charge is 0.236 e. The molecule has 118 valence electrons. The molecule has 1 aromatic rings. The van der Waals surface area contributed by atoms with Gasteiger partial charge in [-0.15, -0.1) is 23.7 Å². The normalized spacial score (nSPS) is 25.2. The van der Waals surface area contributed by atoms with Crippen molar-refractivity contribution in [3.63, 3.8) is 0 Å². The van der Waals surface area contributed by atoms with E-state index < -0.39 is 0 Å². The lowest BCUT2D eigenvalue weighted by Gasteiger charge is -2.34. The topological polar surface area (TPSA) is 35.6 Å². The summed E-state index contributed by atoms with van der Waals surface area (Å²) in [5.41, 5.74) is 0. The minimum Gasteiger partial charge on any atom is -0.340 e. The summed E-state index contributed by atoms with van der Waals surface area (Å²) in [5.74, 6) is 1.83. The van der Waals surface area contributed by atoms with Crippen LogP contribution < -0.4 is 5.32 Å². The summed E-state index contributed by atoms with van der Waals surface area (Å²) < 4.78 is 0. The van der Waals surface area contributed by atoms with E-state index in [1.165, 1.54) is 17.8 Å². The van der Waals surface area contributed by atoms with Crippen LogP contribution in [-0.4, -0.2) is 55.5 Å². The number of hydrogen-bond donors (Lipinski definition) is 1. The predicted molar refractivity (Wildman–Crippen MR) is 88.9 cm³/mol. The lowest BCUT2D eigenvalue weighted by molar-refractivity contribution is -0.132. The lowest BCUT2D eigenvalue weighted by atomic mass is 9.89. The van der Waals surface area contributed by atoms with Crippen LogP contribution in [0.25, 0.3) is 0 Å². The number of nitrogens with one attached hydrogen (secondary N) is 1. The van der Waals surface area contributed by atoms with Gasteiger partial charge in [0.25, 0.3) is 0 Å². The van der Waals surface area contributed by atoms with Crippen LogP contribution in [0.15, 0.2) is 17.5 Å². The van der Waals surface area contributed by atoms with Crippen LogP contribution in [0, 0.1) is 11.8 Å². The van der Waals surface area contributed by atoms with Crippen LogP contribution >= 0.6 is 23.7 Å². The number of hydrogen-bond acceptors (Lipinski definition) is 4. The van der Waals surface area contributed by atoms with Crippen molar-refractivity contribution >= 4 is 29.7 Å². The number of halogens is 1. The molecule has 3 rings (SSSR count). The first-order valence-electron chi connectivity index (χ1n) is 7.42. The summed E-state index contributed by atoms with van der Waals surface area (Å²) in [4.78, 5) is 17.7. The Bertz CT molecular complexity index is 454. The van der Waals surface area contributed by atoms with Gasteiger partial charge in [-0.1, -0.05) is 6.07 Å². The number of thiophene rings is 1. The number of likely N-dealkylation sites (tertiary alicyclic amines) is 1. The highest BCUT2D eigenvalue weighted by Crippen LogP contribution is 2.26. The third-order valence-corrected chi connectivity index (χ3v) is 5.41. The Balaban J connectivity index is 0.00000161. The molecule has 1 N–H and O–H groups in total. The van der Waals surface area contributed by atoms with Crippen molar-refractivity contribution in [1.82, 2.24) is 15.1 Å². The molecule has 4 nitrogen and oxygen atoms in total. The van der Waals surface area contributed by atoms with Crippen molar-refractivity contribution in [1.29, 1.82) is 0 Å². The molecular formula is C15H24ClN3OS. The zero-order valence-corrected chi connectivity index (χ0v) is 14.1. The number of likely N-dealkylation sites (N-methyl/N-ethyl adjacent to an activating group) is 1. The lowest BCUT2D eigenvalue weighted by Crippen LogP contribution is -2.45. The largest absolute Gasteiger partial charge is 0.340 e. The number of nitrogens with zero attached hydrogens (tertiary/aromatic N) is 2. The summed E-state index contributed by atoms with van der Waals surface area (Å²) in [6, 6.07) is 4.13. The minimum absolute atomic E-state index is 0. The molecule has 2 atom stereocenters. The Labute approximate surface area is 136 Å². The van der Waals surface area contributed by atoms with Crippen molar-refractivity contribution in [3.05, 3.63) is 22.4 Å². The molecule has 0 saturated carbocycles. The number of carbonyl (C=O) groups is 1. The number of piperidine rings is 1. The van der Waals surface area contributed by atoms with E-state index in [1.807, 2.05) is 18.0 Å². The molecule has 2 aliphatic rings. The Morgan fingerprint density at radius 3 is 3.05 bits per heavy atom. The van der Waals surface area contributed by atoms with Crippen molar-refractivity contribution in [2.45, 2.75) is 13.0 Å². The summed E-state index contributed by atoms with van der Waals surface area (Å²) in [7, 11) is 1.91. The van der Waals surface area contributed by atoms with E-state index in [-0.39, 0.29) is 18.3 Å². The molecular weight excluding hydrogens is 306 g/mol. The van der Waals surface area contributed by atoms with Gasteiger partial charge < -0.3 is 10.2 Å². The molecule has 0 bridgehead atoms. The van der Waals surface area contributed by atoms with E-state index >= 15 is 0 Å². The zero-order chi connectivity index (χ0) is 13.9. The molecule has 0 aromatic carbocycles. The van der Waals surface area contributed by atoms with Crippen LogP contribution in [0.3, 0.4) is 0 Å². The molecule has 1 aromatic heterocycles. The van der Waals surface area contributed by atoms with E-state index in [4.69, 9.17) is 0 Å². The van der Waals surface area contributed by atoms with Gasteiger partial charge in [0.15, 0.2) is 0 Å². The Morgan fingerprint density at radius 2 is 2.29 bits per heavy atom. The van der Waals surface area contributed by atoms with E-state index in [2.05, 4.69) is 21.7 Å². The molecule has 2 saturated heterocycles. The maximum Gasteiger partial charge on any atom is 0.236 e. The second-order valence-electron chi connectivity index (χ2n) is 6.03. The van der Waals surface area contributed by atoms with Crippen LogP contribution in [0.1, 0.15) is 11.3 Å². The summed E-state index contributed by atoms with van der Waals surface area (Å²) in [6.45, 7) is 5.76. The Morgan fingerprint density at radius 1 is 1.48 bits per heavy atom. The molecule has 2 aliphatic heterocycles. The zero-order valence-electron chi connectivity index (χ0n) is 12.5. The van der Waals surface area contributed by atoms with Crippen molar-refractivity contribution in [2.24, 2.45) is 11.8 Å². The van der Waals surface area contributed by atoms with Gasteiger partial charge in [-0.3, -0.25) is 9.69 Å². The van der Waals surface area contributed by atoms with Crippen molar-refractivity contribution in [2.75, 3.05) is 39.8 Å². The maximum absolute atomic E-state index is 12.3. The number of carbonyl (C=O) groups excluding carboxylic acids is 1. The molecule has 2 unspecified atom stereocenters. The Hall–Kier alpha value is -0.620. The molecule has 21 heavy (non-hydrogen) atoms. The highest BCUT2D eigenvalue weighted by atomic mass is 35.5. The van der Waals surface area contributed by atoms with Gasteiger partial charge >= 0.3 is 0 Å². The van der Waals surface area contributed by atoms with Crippen LogP contribution in [0.2, 0.25) is 0 Å². The molecule has 0 aliphatic carbocycles. The molecule has 0 radical (unpaired) electrons. The van der Waals surface area contributed by atoms with E-state index in [1.54, 1.807) is 11.3 Å². The number of fused-ring (bicyclic) bond motifs is 1. The van der Waals surface area contributed by atoms with Gasteiger partial charge in [0.05, 0.1) is 13.1 Å². The van der Waals surface area contributed by atoms with Crippen LogP contribution in [-0.2, 0) is 11.3 Å². The van der Waals surface area contributed by atoms with Crippen molar-refractivity contribution < 1.29 is 4.79 Å². The first-order valence-corrected chi connectivity index (χ1v) is 8.30. The molecule has 2 fully saturated rings. The van der Waals surface area contributed by atoms with E-state index in [9.17, 15) is 4.79 Å². The molecule has 6 heteroatoms. The maximum atomic E-state index is 12.3. The predicted octanol–water partition coefficient (Wildman–Crippen LogP) is 1.67. The fourth-order valence-corrected chi connectivity index (χ4v) is 4.05. The second-order valence-corrected chi connectivity index (χ2v) is 7.06. The van der Waals surface area contributed by atoms with Gasteiger partial charge in [-0.2, -0.15) is 0 Å². The summed E-state index contributed by atoms with van der Waals surface area (Å²) >= 11 is 1.71. The second kappa shape index (κ2) is 7.58.